The third-order valence-corrected chi connectivity index (χ3v) is 4.34. The molecule has 0 aliphatic carbocycles. The van der Waals surface area contributed by atoms with Gasteiger partial charge in [-0.2, -0.15) is 5.26 Å². The Morgan fingerprint density at radius 2 is 2.26 bits per heavy atom. The topological polar surface area (TPSA) is 79.2 Å². The standard InChI is InChI=1S/C16H15FN2O3S/c1-22-7-3-6-19-16(21)11(9-18)15(20)14-8-10-12(17)4-2-5-13(10)23-14/h2,4-5,8,11H,3,6-7H2,1H3,(H,19,21)/t11-/m1/s1. The number of thiophene rings is 1. The van der Waals surface area contributed by atoms with E-state index in [1.165, 1.54) is 12.1 Å². The molecule has 0 aliphatic rings. The Bertz CT molecular complexity index is 766. The molecule has 5 nitrogen and oxygen atoms in total. The molecule has 120 valence electrons. The highest BCUT2D eigenvalue weighted by molar-refractivity contribution is 7.20. The van der Waals surface area contributed by atoms with Gasteiger partial charge in [0.2, 0.25) is 5.91 Å². The van der Waals surface area contributed by atoms with E-state index in [4.69, 9.17) is 10.00 Å². The number of nitrogens with one attached hydrogen (secondary N) is 1. The molecule has 0 bridgehead atoms. The minimum absolute atomic E-state index is 0.198. The molecular formula is C16H15FN2O3S. The van der Waals surface area contributed by atoms with E-state index in [-0.39, 0.29) is 4.88 Å². The summed E-state index contributed by atoms with van der Waals surface area (Å²) in [6.07, 6.45) is 0.586. The number of halogens is 1. The first-order valence-electron chi connectivity index (χ1n) is 6.97. The van der Waals surface area contributed by atoms with E-state index < -0.39 is 23.4 Å². The van der Waals surface area contributed by atoms with E-state index in [0.29, 0.717) is 29.7 Å². The molecule has 1 atom stereocenters. The number of ether oxygens (including phenoxy) is 1. The molecule has 0 fully saturated rings. The molecule has 1 heterocycles. The van der Waals surface area contributed by atoms with Crippen molar-refractivity contribution in [2.24, 2.45) is 5.92 Å². The predicted molar refractivity (Wildman–Crippen MR) is 84.7 cm³/mol. The lowest BCUT2D eigenvalue weighted by molar-refractivity contribution is -0.122. The van der Waals surface area contributed by atoms with Crippen LogP contribution in [-0.2, 0) is 9.53 Å². The first-order chi connectivity index (χ1) is 11.1. The van der Waals surface area contributed by atoms with Crippen molar-refractivity contribution in [3.63, 3.8) is 0 Å². The van der Waals surface area contributed by atoms with Crippen molar-refractivity contribution in [1.82, 2.24) is 5.32 Å². The summed E-state index contributed by atoms with van der Waals surface area (Å²) >= 11 is 1.07. The Labute approximate surface area is 136 Å². The third-order valence-electron chi connectivity index (χ3n) is 3.23. The summed E-state index contributed by atoms with van der Waals surface area (Å²) in [5, 5.41) is 12.0. The molecule has 0 aliphatic heterocycles. The molecule has 7 heteroatoms. The number of carbonyl (C=O) groups is 2. The van der Waals surface area contributed by atoms with Crippen LogP contribution in [0, 0.1) is 23.1 Å². The van der Waals surface area contributed by atoms with Crippen LogP contribution in [0.4, 0.5) is 4.39 Å². The number of methoxy groups -OCH3 is 1. The van der Waals surface area contributed by atoms with Crippen molar-refractivity contribution in [3.8, 4) is 6.07 Å². The van der Waals surface area contributed by atoms with Crippen LogP contribution < -0.4 is 5.32 Å². The normalized spacial score (nSPS) is 11.9. The number of carbonyl (C=O) groups excluding carboxylic acids is 2. The number of ketones is 1. The number of nitrogens with zero attached hydrogens (tertiary/aromatic N) is 1. The van der Waals surface area contributed by atoms with Gasteiger partial charge in [-0.3, -0.25) is 9.59 Å². The molecule has 0 saturated heterocycles. The second kappa shape index (κ2) is 7.81. The fraction of sp³-hybridized carbons (Fsp3) is 0.312. The van der Waals surface area contributed by atoms with E-state index in [9.17, 15) is 14.0 Å². The molecule has 23 heavy (non-hydrogen) atoms. The first kappa shape index (κ1) is 17.1. The predicted octanol–water partition coefficient (Wildman–Crippen LogP) is 2.52. The van der Waals surface area contributed by atoms with Crippen LogP contribution in [0.1, 0.15) is 16.1 Å². The van der Waals surface area contributed by atoms with Crippen LogP contribution in [-0.4, -0.2) is 32.0 Å². The summed E-state index contributed by atoms with van der Waals surface area (Å²) in [4.78, 5) is 24.5. The van der Waals surface area contributed by atoms with Gasteiger partial charge in [0.1, 0.15) is 5.82 Å². The second-order valence-electron chi connectivity index (χ2n) is 4.83. The van der Waals surface area contributed by atoms with Crippen LogP contribution in [0.15, 0.2) is 24.3 Å². The maximum absolute atomic E-state index is 13.7. The zero-order chi connectivity index (χ0) is 16.8. The fourth-order valence-corrected chi connectivity index (χ4v) is 3.10. The Kier molecular flexibility index (Phi) is 5.79. The van der Waals surface area contributed by atoms with Crippen LogP contribution in [0.25, 0.3) is 10.1 Å². The average Bonchev–Trinajstić information content (AvgIpc) is 2.98. The SMILES string of the molecule is COCCCNC(=O)[C@H](C#N)C(=O)c1cc2c(F)cccc2s1. The quantitative estimate of drug-likeness (QED) is 0.479. The van der Waals surface area contributed by atoms with Crippen LogP contribution in [0.2, 0.25) is 0 Å². The molecule has 0 saturated carbocycles. The molecule has 1 aromatic carbocycles. The van der Waals surface area contributed by atoms with Gasteiger partial charge in [-0.05, 0) is 24.6 Å². The number of hydrogen-bond acceptors (Lipinski definition) is 5. The third kappa shape index (κ3) is 3.92. The first-order valence-corrected chi connectivity index (χ1v) is 7.78. The molecule has 1 aromatic heterocycles. The Hall–Kier alpha value is -2.30. The summed E-state index contributed by atoms with van der Waals surface area (Å²) < 4.78 is 19.1. The molecule has 2 aromatic rings. The van der Waals surface area contributed by atoms with Crippen molar-refractivity contribution in [3.05, 3.63) is 35.0 Å². The van der Waals surface area contributed by atoms with Crippen molar-refractivity contribution in [2.45, 2.75) is 6.42 Å². The highest BCUT2D eigenvalue weighted by atomic mass is 32.1. The van der Waals surface area contributed by atoms with Gasteiger partial charge < -0.3 is 10.1 Å². The molecule has 0 unspecified atom stereocenters. The summed E-state index contributed by atoms with van der Waals surface area (Å²) in [5.74, 6) is -3.13. The summed E-state index contributed by atoms with van der Waals surface area (Å²) in [6, 6.07) is 7.64. The number of rotatable bonds is 7. The molecular weight excluding hydrogens is 319 g/mol. The number of nitriles is 1. The average molecular weight is 334 g/mol. The zero-order valence-electron chi connectivity index (χ0n) is 12.5. The van der Waals surface area contributed by atoms with E-state index in [1.807, 2.05) is 0 Å². The smallest absolute Gasteiger partial charge is 0.245 e. The van der Waals surface area contributed by atoms with Gasteiger partial charge in [-0.1, -0.05) is 6.07 Å². The van der Waals surface area contributed by atoms with Gasteiger partial charge in [0, 0.05) is 30.3 Å². The van der Waals surface area contributed by atoms with E-state index >= 15 is 0 Å². The van der Waals surface area contributed by atoms with Crippen LogP contribution in [0.5, 0.6) is 0 Å². The molecule has 0 spiro atoms. The summed E-state index contributed by atoms with van der Waals surface area (Å²) in [6.45, 7) is 0.792. The molecule has 2 rings (SSSR count). The lowest BCUT2D eigenvalue weighted by Crippen LogP contribution is -2.35. The minimum atomic E-state index is -1.44. The number of amides is 1. The summed E-state index contributed by atoms with van der Waals surface area (Å²) in [7, 11) is 1.55. The summed E-state index contributed by atoms with van der Waals surface area (Å²) in [5.41, 5.74) is 0. The highest BCUT2D eigenvalue weighted by Gasteiger charge is 2.28. The molecule has 1 N–H and O–H groups in total. The van der Waals surface area contributed by atoms with Crippen LogP contribution >= 0.6 is 11.3 Å². The van der Waals surface area contributed by atoms with Crippen molar-refractivity contribution >= 4 is 33.1 Å². The number of benzene rings is 1. The van der Waals surface area contributed by atoms with Crippen molar-refractivity contribution in [2.75, 3.05) is 20.3 Å². The zero-order valence-corrected chi connectivity index (χ0v) is 13.3. The number of fused-ring (bicyclic) bond motifs is 1. The van der Waals surface area contributed by atoms with Gasteiger partial charge >= 0.3 is 0 Å². The second-order valence-corrected chi connectivity index (χ2v) is 5.91. The van der Waals surface area contributed by atoms with E-state index in [0.717, 1.165) is 11.3 Å². The van der Waals surface area contributed by atoms with E-state index in [1.54, 1.807) is 25.3 Å². The largest absolute Gasteiger partial charge is 0.385 e. The fourth-order valence-electron chi connectivity index (χ4n) is 2.06. The minimum Gasteiger partial charge on any atom is -0.385 e. The van der Waals surface area contributed by atoms with Gasteiger partial charge in [0.15, 0.2) is 11.7 Å². The van der Waals surface area contributed by atoms with Crippen molar-refractivity contribution in [1.29, 1.82) is 5.26 Å². The molecule has 1 amide bonds. The maximum atomic E-state index is 13.7. The highest BCUT2D eigenvalue weighted by Crippen LogP contribution is 2.29. The van der Waals surface area contributed by atoms with Gasteiger partial charge in [0.05, 0.1) is 10.9 Å². The van der Waals surface area contributed by atoms with Gasteiger partial charge in [-0.15, -0.1) is 11.3 Å². The van der Waals surface area contributed by atoms with Crippen LogP contribution in [0.3, 0.4) is 0 Å². The number of Topliss-reactive ketones (excluding diaryl/α,β-unsaturated/α-hetero) is 1. The lowest BCUT2D eigenvalue weighted by atomic mass is 10.0. The lowest BCUT2D eigenvalue weighted by Gasteiger charge is -2.08. The Morgan fingerprint density at radius 1 is 1.48 bits per heavy atom. The number of hydrogen-bond donors (Lipinski definition) is 1. The Balaban J connectivity index is 2.13. The van der Waals surface area contributed by atoms with Gasteiger partial charge in [-0.25, -0.2) is 4.39 Å². The Morgan fingerprint density at radius 3 is 2.91 bits per heavy atom. The van der Waals surface area contributed by atoms with Gasteiger partial charge in [0.25, 0.3) is 0 Å². The van der Waals surface area contributed by atoms with E-state index in [2.05, 4.69) is 5.32 Å². The maximum Gasteiger partial charge on any atom is 0.245 e. The molecule has 0 radical (unpaired) electrons. The monoisotopic (exact) mass is 334 g/mol. The van der Waals surface area contributed by atoms with Crippen molar-refractivity contribution < 1.29 is 18.7 Å².